The molecule has 0 fully saturated rings. The average molecular weight is 804 g/mol. The summed E-state index contributed by atoms with van der Waals surface area (Å²) in [6.45, 7) is 3.91. The van der Waals surface area contributed by atoms with Gasteiger partial charge < -0.3 is 25.2 Å². The number of carboxylic acid groups (broad SMARTS) is 1. The number of hydrogen-bond acceptors (Lipinski definition) is 8. The van der Waals surface area contributed by atoms with Gasteiger partial charge in [0, 0.05) is 13.0 Å². The number of rotatable bonds is 44. The number of phosphoric acid groups is 1. The predicted molar refractivity (Wildman–Crippen MR) is 226 cm³/mol. The molecule has 326 valence electrons. The molecule has 4 N–H and O–H groups in total. The molecule has 0 amide bonds. The number of ether oxygens (including phenoxy) is 2. The van der Waals surface area contributed by atoms with Gasteiger partial charge in [-0.3, -0.25) is 18.6 Å². The van der Waals surface area contributed by atoms with E-state index in [1.165, 1.54) is 161 Å². The SMILES string of the molecule is CCCCCCCC/C=C\CCCCCCCCCCOCC(COP(=O)(O)OCC(N)C(=O)O)OC(=O)CCCCCCCCCCCCCCCCC. The van der Waals surface area contributed by atoms with E-state index in [1.807, 2.05) is 0 Å². The fourth-order valence-corrected chi connectivity index (χ4v) is 7.26. The van der Waals surface area contributed by atoms with Crippen LogP contribution in [0.4, 0.5) is 0 Å². The van der Waals surface area contributed by atoms with Crippen molar-refractivity contribution < 1.29 is 42.7 Å². The first-order valence-electron chi connectivity index (χ1n) is 22.7. The highest BCUT2D eigenvalue weighted by atomic mass is 31.2. The molecule has 3 unspecified atom stereocenters. The second kappa shape index (κ2) is 40.9. The first kappa shape index (κ1) is 53.7. The van der Waals surface area contributed by atoms with Gasteiger partial charge in [0.05, 0.1) is 19.8 Å². The minimum absolute atomic E-state index is 0.0205. The van der Waals surface area contributed by atoms with Crippen LogP contribution >= 0.6 is 7.82 Å². The van der Waals surface area contributed by atoms with Crippen molar-refractivity contribution in [2.24, 2.45) is 5.73 Å². The summed E-state index contributed by atoms with van der Waals surface area (Å²) < 4.78 is 33.4. The molecule has 0 aliphatic heterocycles. The van der Waals surface area contributed by atoms with Crippen molar-refractivity contribution in [3.63, 3.8) is 0 Å². The highest BCUT2D eigenvalue weighted by Gasteiger charge is 2.27. The summed E-state index contributed by atoms with van der Waals surface area (Å²) in [5.74, 6) is -1.77. The Morgan fingerprint density at radius 1 is 0.564 bits per heavy atom. The number of hydrogen-bond donors (Lipinski definition) is 3. The number of esters is 1. The van der Waals surface area contributed by atoms with Crippen molar-refractivity contribution >= 4 is 19.8 Å². The molecule has 0 aromatic heterocycles. The Bertz CT molecular complexity index is 935. The molecule has 0 bridgehead atoms. The predicted octanol–water partition coefficient (Wildman–Crippen LogP) is 12.5. The number of allylic oxidation sites excluding steroid dienone is 2. The van der Waals surface area contributed by atoms with Crippen LogP contribution in [0.15, 0.2) is 12.2 Å². The van der Waals surface area contributed by atoms with Crippen molar-refractivity contribution in [2.75, 3.05) is 26.4 Å². The van der Waals surface area contributed by atoms with Crippen molar-refractivity contribution in [3.05, 3.63) is 12.2 Å². The van der Waals surface area contributed by atoms with Gasteiger partial charge in [0.1, 0.15) is 12.1 Å². The number of phosphoric ester groups is 1. The Morgan fingerprint density at radius 3 is 1.38 bits per heavy atom. The molecule has 0 saturated carbocycles. The molecule has 0 spiro atoms. The van der Waals surface area contributed by atoms with E-state index in [2.05, 4.69) is 26.0 Å². The number of carbonyl (C=O) groups excluding carboxylic acids is 1. The van der Waals surface area contributed by atoms with Gasteiger partial charge in [-0.25, -0.2) is 4.57 Å². The Hall–Kier alpha value is -1.29. The largest absolute Gasteiger partial charge is 0.480 e. The summed E-state index contributed by atoms with van der Waals surface area (Å²) in [7, 11) is -4.61. The standard InChI is InChI=1S/C44H86NO9P/c1-3-5-7-9-11-13-15-17-19-20-21-23-25-27-29-31-33-35-37-51-38-41(39-52-55(49,50)53-40-42(45)44(47)48)54-43(46)36-34-32-30-28-26-24-22-18-16-14-12-10-8-6-4-2/h17,19,41-42H,3-16,18,20-40,45H2,1-2H3,(H,47,48)(H,49,50)/b19-17-. The van der Waals surface area contributed by atoms with E-state index in [1.54, 1.807) is 0 Å². The molecular formula is C44H86NO9P. The molecular weight excluding hydrogens is 717 g/mol. The third-order valence-electron chi connectivity index (χ3n) is 10.0. The van der Waals surface area contributed by atoms with Crippen LogP contribution in [0.1, 0.15) is 219 Å². The fraction of sp³-hybridized carbons (Fsp3) is 0.909. The molecule has 0 aromatic rings. The summed E-state index contributed by atoms with van der Waals surface area (Å²) in [5, 5.41) is 8.90. The van der Waals surface area contributed by atoms with Crippen LogP contribution in [-0.4, -0.2) is 60.5 Å². The van der Waals surface area contributed by atoms with Crippen molar-refractivity contribution in [2.45, 2.75) is 231 Å². The molecule has 11 heteroatoms. The number of aliphatic carboxylic acids is 1. The zero-order valence-corrected chi connectivity index (χ0v) is 36.4. The molecule has 0 aromatic carbocycles. The van der Waals surface area contributed by atoms with E-state index in [9.17, 15) is 19.0 Å². The number of carbonyl (C=O) groups is 2. The van der Waals surface area contributed by atoms with Gasteiger partial charge in [0.15, 0.2) is 0 Å². The molecule has 0 rings (SSSR count). The highest BCUT2D eigenvalue weighted by Crippen LogP contribution is 2.43. The van der Waals surface area contributed by atoms with Gasteiger partial charge in [0.2, 0.25) is 0 Å². The van der Waals surface area contributed by atoms with E-state index >= 15 is 0 Å². The third-order valence-corrected chi connectivity index (χ3v) is 11.0. The topological polar surface area (TPSA) is 155 Å². The summed E-state index contributed by atoms with van der Waals surface area (Å²) >= 11 is 0. The number of unbranched alkanes of at least 4 members (excludes halogenated alkanes) is 28. The molecule has 0 radical (unpaired) electrons. The second-order valence-electron chi connectivity index (χ2n) is 15.5. The van der Waals surface area contributed by atoms with Crippen LogP contribution in [0, 0.1) is 0 Å². The summed E-state index contributed by atoms with van der Waals surface area (Å²) in [6.07, 6.45) is 42.6. The van der Waals surface area contributed by atoms with E-state index in [-0.39, 0.29) is 13.0 Å². The fourth-order valence-electron chi connectivity index (χ4n) is 6.48. The number of carboxylic acids is 1. The molecule has 0 heterocycles. The van der Waals surface area contributed by atoms with Crippen LogP contribution in [0.5, 0.6) is 0 Å². The molecule has 10 nitrogen and oxygen atoms in total. The van der Waals surface area contributed by atoms with E-state index in [0.29, 0.717) is 6.61 Å². The third kappa shape index (κ3) is 40.7. The molecule has 0 aliphatic rings. The van der Waals surface area contributed by atoms with Crippen LogP contribution < -0.4 is 5.73 Å². The van der Waals surface area contributed by atoms with Crippen molar-refractivity contribution in [1.29, 1.82) is 0 Å². The van der Waals surface area contributed by atoms with Gasteiger partial charge >= 0.3 is 19.8 Å². The first-order valence-corrected chi connectivity index (χ1v) is 24.2. The van der Waals surface area contributed by atoms with E-state index < -0.39 is 45.1 Å². The van der Waals surface area contributed by atoms with Crippen LogP contribution in [0.3, 0.4) is 0 Å². The quantitative estimate of drug-likeness (QED) is 0.0235. The van der Waals surface area contributed by atoms with Crippen LogP contribution in [0.25, 0.3) is 0 Å². The zero-order chi connectivity index (χ0) is 40.5. The van der Waals surface area contributed by atoms with E-state index in [0.717, 1.165) is 38.5 Å². The van der Waals surface area contributed by atoms with Gasteiger partial charge in [0.25, 0.3) is 0 Å². The lowest BCUT2D eigenvalue weighted by atomic mass is 10.0. The lowest BCUT2D eigenvalue weighted by molar-refractivity contribution is -0.154. The summed E-state index contributed by atoms with van der Waals surface area (Å²) in [4.78, 5) is 33.5. The van der Waals surface area contributed by atoms with Crippen molar-refractivity contribution in [3.8, 4) is 0 Å². The molecule has 0 aliphatic carbocycles. The minimum atomic E-state index is -4.61. The highest BCUT2D eigenvalue weighted by molar-refractivity contribution is 7.47. The van der Waals surface area contributed by atoms with Gasteiger partial charge in [-0.15, -0.1) is 0 Å². The summed E-state index contributed by atoms with van der Waals surface area (Å²) in [5.41, 5.74) is 5.36. The lowest BCUT2D eigenvalue weighted by Crippen LogP contribution is -2.34. The Balaban J connectivity index is 4.18. The maximum atomic E-state index is 12.6. The zero-order valence-electron chi connectivity index (χ0n) is 35.5. The van der Waals surface area contributed by atoms with Gasteiger partial charge in [-0.1, -0.05) is 187 Å². The Morgan fingerprint density at radius 2 is 0.945 bits per heavy atom. The first-order chi connectivity index (χ1) is 26.7. The summed E-state index contributed by atoms with van der Waals surface area (Å²) in [6, 6.07) is -1.47. The second-order valence-corrected chi connectivity index (χ2v) is 17.0. The van der Waals surface area contributed by atoms with Crippen LogP contribution in [0.2, 0.25) is 0 Å². The van der Waals surface area contributed by atoms with Gasteiger partial charge in [-0.2, -0.15) is 0 Å². The van der Waals surface area contributed by atoms with Crippen LogP contribution in [-0.2, 0) is 32.7 Å². The molecule has 3 atom stereocenters. The van der Waals surface area contributed by atoms with Gasteiger partial charge in [-0.05, 0) is 38.5 Å². The maximum Gasteiger partial charge on any atom is 0.472 e. The smallest absolute Gasteiger partial charge is 0.472 e. The van der Waals surface area contributed by atoms with E-state index in [4.69, 9.17) is 29.4 Å². The Labute approximate surface area is 337 Å². The maximum absolute atomic E-state index is 12.6. The normalized spacial score (nSPS) is 14.0. The Kier molecular flexibility index (Phi) is 39.9. The number of nitrogens with two attached hydrogens (primary N) is 1. The average Bonchev–Trinajstić information content (AvgIpc) is 3.16. The lowest BCUT2D eigenvalue weighted by Gasteiger charge is -2.20. The van der Waals surface area contributed by atoms with Crippen molar-refractivity contribution in [1.82, 2.24) is 0 Å². The minimum Gasteiger partial charge on any atom is -0.480 e. The molecule has 55 heavy (non-hydrogen) atoms. The monoisotopic (exact) mass is 804 g/mol. The molecule has 0 saturated heterocycles.